The Morgan fingerprint density at radius 3 is 2.82 bits per heavy atom. The van der Waals surface area contributed by atoms with E-state index in [0.29, 0.717) is 34.4 Å². The fourth-order valence-corrected chi connectivity index (χ4v) is 4.29. The van der Waals surface area contributed by atoms with Crippen LogP contribution in [0.3, 0.4) is 0 Å². The predicted molar refractivity (Wildman–Crippen MR) is 108 cm³/mol. The highest BCUT2D eigenvalue weighted by Crippen LogP contribution is 2.40. The Morgan fingerprint density at radius 1 is 1.36 bits per heavy atom. The van der Waals surface area contributed by atoms with Crippen LogP contribution in [0.15, 0.2) is 18.6 Å². The second-order valence-electron chi connectivity index (χ2n) is 6.79. The smallest absolute Gasteiger partial charge is 0.219 e. The molecule has 28 heavy (non-hydrogen) atoms. The summed E-state index contributed by atoms with van der Waals surface area (Å²) in [6.45, 7) is 1.96. The van der Waals surface area contributed by atoms with Gasteiger partial charge in [0.2, 0.25) is 5.91 Å². The molecule has 4 rings (SSSR count). The molecule has 0 unspecified atom stereocenters. The molecule has 1 saturated heterocycles. The zero-order valence-corrected chi connectivity index (χ0v) is 16.9. The zero-order chi connectivity index (χ0) is 20.0. The second kappa shape index (κ2) is 7.25. The first-order chi connectivity index (χ1) is 13.4. The Kier molecular flexibility index (Phi) is 4.93. The van der Waals surface area contributed by atoms with E-state index in [1.807, 2.05) is 0 Å². The van der Waals surface area contributed by atoms with Crippen molar-refractivity contribution < 1.29 is 9.18 Å². The van der Waals surface area contributed by atoms with E-state index >= 15 is 0 Å². The molecule has 148 valence electrons. The van der Waals surface area contributed by atoms with E-state index in [1.54, 1.807) is 25.6 Å². The normalized spacial score (nSPS) is 20.0. The number of pyridine rings is 1. The number of anilines is 1. The summed E-state index contributed by atoms with van der Waals surface area (Å²) in [5, 5.41) is 9.12. The summed E-state index contributed by atoms with van der Waals surface area (Å²) in [4.78, 5) is 20.4. The highest BCUT2D eigenvalue weighted by atomic mass is 35.5. The number of hydrogen-bond acceptors (Lipinski definition) is 4. The van der Waals surface area contributed by atoms with Crippen LogP contribution in [0.5, 0.6) is 0 Å². The van der Waals surface area contributed by atoms with Crippen molar-refractivity contribution in [3.05, 3.63) is 28.8 Å². The molecule has 1 aliphatic heterocycles. The molecule has 3 aromatic heterocycles. The van der Waals surface area contributed by atoms with Crippen molar-refractivity contribution in [3.63, 3.8) is 0 Å². The molecule has 1 fully saturated rings. The first-order valence-electron chi connectivity index (χ1n) is 8.88. The molecule has 10 heteroatoms. The lowest BCUT2D eigenvalue weighted by molar-refractivity contribution is -0.131. The predicted octanol–water partition coefficient (Wildman–Crippen LogP) is 3.91. The number of alkyl halides is 1. The molecule has 0 aromatic carbocycles. The minimum absolute atomic E-state index is 0.0414. The van der Waals surface area contributed by atoms with Gasteiger partial charge in [-0.3, -0.25) is 4.79 Å². The van der Waals surface area contributed by atoms with Gasteiger partial charge in [-0.2, -0.15) is 5.10 Å². The van der Waals surface area contributed by atoms with Crippen LogP contribution in [0, 0.1) is 0 Å². The van der Waals surface area contributed by atoms with Crippen LogP contribution in [0.4, 0.5) is 10.1 Å². The van der Waals surface area contributed by atoms with Crippen LogP contribution in [0.1, 0.15) is 19.4 Å². The molecule has 1 amide bonds. The van der Waals surface area contributed by atoms with E-state index in [4.69, 9.17) is 23.2 Å². The number of likely N-dealkylation sites (tertiary alicyclic amines) is 1. The maximum atomic E-state index is 14.7. The molecule has 1 aliphatic rings. The number of H-pyrrole nitrogens is 1. The third-order valence-corrected chi connectivity index (χ3v) is 5.87. The largest absolute Gasteiger partial charge is 0.387 e. The van der Waals surface area contributed by atoms with E-state index in [-0.39, 0.29) is 12.5 Å². The number of carbonyl (C=O) groups excluding carboxylic acids is 1. The zero-order valence-electron chi connectivity index (χ0n) is 15.3. The van der Waals surface area contributed by atoms with Gasteiger partial charge < -0.3 is 15.2 Å². The van der Waals surface area contributed by atoms with Gasteiger partial charge in [-0.1, -0.05) is 23.2 Å². The van der Waals surface area contributed by atoms with Gasteiger partial charge in [0.05, 0.1) is 34.9 Å². The number of halogens is 3. The van der Waals surface area contributed by atoms with Gasteiger partial charge in [0.1, 0.15) is 17.0 Å². The number of aromatic amines is 1. The minimum Gasteiger partial charge on any atom is -0.387 e. The number of carbonyl (C=O) groups is 1. The minimum atomic E-state index is -1.24. The monoisotopic (exact) mass is 424 g/mol. The average Bonchev–Trinajstić information content (AvgIpc) is 3.24. The summed E-state index contributed by atoms with van der Waals surface area (Å²) >= 11 is 12.9. The van der Waals surface area contributed by atoms with Gasteiger partial charge in [-0.25, -0.2) is 14.1 Å². The lowest BCUT2D eigenvalue weighted by atomic mass is 10.0. The topological polar surface area (TPSA) is 78.8 Å². The molecule has 0 aliphatic carbocycles. The summed E-state index contributed by atoms with van der Waals surface area (Å²) in [5.74, 6) is -0.130. The third kappa shape index (κ3) is 3.00. The number of amides is 1. The van der Waals surface area contributed by atoms with E-state index in [2.05, 4.69) is 20.4 Å². The lowest BCUT2D eigenvalue weighted by Gasteiger charge is -2.34. The van der Waals surface area contributed by atoms with Crippen LogP contribution in [0.2, 0.25) is 10.2 Å². The summed E-state index contributed by atoms with van der Waals surface area (Å²) < 4.78 is 16.2. The summed E-state index contributed by atoms with van der Waals surface area (Å²) in [6.07, 6.45) is 4.16. The first kappa shape index (κ1) is 19.0. The second-order valence-corrected chi connectivity index (χ2v) is 7.55. The molecule has 4 heterocycles. The molecule has 0 bridgehead atoms. The van der Waals surface area contributed by atoms with Gasteiger partial charge in [-0.15, -0.1) is 0 Å². The quantitative estimate of drug-likeness (QED) is 0.667. The summed E-state index contributed by atoms with van der Waals surface area (Å²) in [5.41, 5.74) is 2.78. The fourth-order valence-electron chi connectivity index (χ4n) is 3.73. The Labute approximate surface area is 170 Å². The van der Waals surface area contributed by atoms with Crippen molar-refractivity contribution in [1.82, 2.24) is 24.6 Å². The van der Waals surface area contributed by atoms with Gasteiger partial charge in [0, 0.05) is 44.0 Å². The molecule has 2 atom stereocenters. The van der Waals surface area contributed by atoms with Gasteiger partial charge in [0.25, 0.3) is 0 Å². The van der Waals surface area contributed by atoms with Crippen LogP contribution in [0.25, 0.3) is 22.2 Å². The number of fused-ring (bicyclic) bond motifs is 1. The van der Waals surface area contributed by atoms with Crippen LogP contribution in [-0.2, 0) is 4.79 Å². The van der Waals surface area contributed by atoms with Gasteiger partial charge in [0.15, 0.2) is 0 Å². The maximum Gasteiger partial charge on any atom is 0.219 e. The third-order valence-electron chi connectivity index (χ3n) is 5.19. The molecule has 2 N–H and O–H groups in total. The molecule has 3 aromatic rings. The molecule has 7 nitrogen and oxygen atoms in total. The van der Waals surface area contributed by atoms with Crippen molar-refractivity contribution in [3.8, 4) is 11.1 Å². The molecule has 0 radical (unpaired) electrons. The Bertz CT molecular complexity index is 1050. The number of nitrogens with zero attached hydrogens (tertiary/aromatic N) is 4. The van der Waals surface area contributed by atoms with Crippen molar-refractivity contribution in [2.24, 2.45) is 0 Å². The highest BCUT2D eigenvalue weighted by molar-refractivity contribution is 6.37. The SMILES string of the molecule is CNc1c(-c2cnn([C@H]3CCN(C(C)=O)C[C@@H]3F)c2Cl)cnc2[nH]cc(Cl)c12. The standard InChI is InChI=1S/C18H19Cl2FN6O/c1-9(28)26-4-3-14(13(21)8-26)27-17(20)11(6-25-27)10-5-23-18-15(16(10)22-2)12(19)7-24-18/h5-7,13-14H,3-4,8H2,1-2H3,(H2,22,23,24)/t13-,14-/m0/s1. The fraction of sp³-hybridized carbons (Fsp3) is 0.389. The first-order valence-corrected chi connectivity index (χ1v) is 9.64. The molecule has 0 saturated carbocycles. The number of aromatic nitrogens is 4. The Balaban J connectivity index is 1.73. The summed E-state index contributed by atoms with van der Waals surface area (Å²) in [6, 6.07) is -0.526. The number of piperidine rings is 1. The van der Waals surface area contributed by atoms with Gasteiger partial charge >= 0.3 is 0 Å². The summed E-state index contributed by atoms with van der Waals surface area (Å²) in [7, 11) is 1.79. The van der Waals surface area contributed by atoms with E-state index < -0.39 is 12.2 Å². The maximum absolute atomic E-state index is 14.7. The van der Waals surface area contributed by atoms with Crippen molar-refractivity contribution in [2.75, 3.05) is 25.5 Å². The van der Waals surface area contributed by atoms with E-state index in [1.165, 1.54) is 16.5 Å². The van der Waals surface area contributed by atoms with Gasteiger partial charge in [-0.05, 0) is 6.42 Å². The molecule has 0 spiro atoms. The van der Waals surface area contributed by atoms with Crippen molar-refractivity contribution in [1.29, 1.82) is 0 Å². The number of rotatable bonds is 3. The lowest BCUT2D eigenvalue weighted by Crippen LogP contribution is -2.45. The van der Waals surface area contributed by atoms with Crippen LogP contribution < -0.4 is 5.32 Å². The van der Waals surface area contributed by atoms with Crippen molar-refractivity contribution >= 4 is 45.8 Å². The Hall–Kier alpha value is -2.32. The molecular weight excluding hydrogens is 406 g/mol. The van der Waals surface area contributed by atoms with Crippen LogP contribution >= 0.6 is 23.2 Å². The molecular formula is C18H19Cl2FN6O. The van der Waals surface area contributed by atoms with Crippen molar-refractivity contribution in [2.45, 2.75) is 25.6 Å². The van der Waals surface area contributed by atoms with Crippen LogP contribution in [-0.4, -0.2) is 56.9 Å². The number of nitrogens with one attached hydrogen (secondary N) is 2. The number of hydrogen-bond donors (Lipinski definition) is 2. The van der Waals surface area contributed by atoms with E-state index in [9.17, 15) is 9.18 Å². The van der Waals surface area contributed by atoms with E-state index in [0.717, 1.165) is 16.6 Å². The highest BCUT2D eigenvalue weighted by Gasteiger charge is 2.34. The average molecular weight is 425 g/mol. The Morgan fingerprint density at radius 2 is 2.14 bits per heavy atom.